The number of hydrogen-bond donors (Lipinski definition) is 2. The van der Waals surface area contributed by atoms with Gasteiger partial charge in [-0.05, 0) is 17.9 Å². The fraction of sp³-hybridized carbons (Fsp3) is 0.533. The lowest BCUT2D eigenvalue weighted by molar-refractivity contribution is -0.124. The van der Waals surface area contributed by atoms with Gasteiger partial charge in [-0.3, -0.25) is 4.79 Å². The van der Waals surface area contributed by atoms with Gasteiger partial charge in [-0.1, -0.05) is 57.5 Å². The van der Waals surface area contributed by atoms with Gasteiger partial charge < -0.3 is 11.1 Å². The molecule has 0 fully saturated rings. The zero-order valence-corrected chi connectivity index (χ0v) is 11.5. The van der Waals surface area contributed by atoms with Gasteiger partial charge in [-0.15, -0.1) is 0 Å². The van der Waals surface area contributed by atoms with Gasteiger partial charge in [0.05, 0.1) is 12.1 Å². The van der Waals surface area contributed by atoms with E-state index in [1.165, 1.54) is 0 Å². The Bertz CT molecular complexity index is 364. The van der Waals surface area contributed by atoms with Crippen molar-refractivity contribution in [1.82, 2.24) is 5.32 Å². The standard InChI is InChI=1S/C15H24N2O/c1-4-11(3)14(16)15(18)17-13(5-2)12-9-7-6-8-10-12/h6-11,13-14H,4-5,16H2,1-3H3,(H,17,18)/t11-,13+,14+/m1/s1. The normalized spacial score (nSPS) is 15.8. The summed E-state index contributed by atoms with van der Waals surface area (Å²) < 4.78 is 0. The van der Waals surface area contributed by atoms with Crippen LogP contribution in [-0.4, -0.2) is 11.9 Å². The smallest absolute Gasteiger partial charge is 0.237 e. The number of amides is 1. The van der Waals surface area contributed by atoms with Crippen LogP contribution in [-0.2, 0) is 4.79 Å². The zero-order valence-electron chi connectivity index (χ0n) is 11.5. The second kappa shape index (κ2) is 7.17. The van der Waals surface area contributed by atoms with Crippen LogP contribution in [0.2, 0.25) is 0 Å². The van der Waals surface area contributed by atoms with Crippen molar-refractivity contribution in [3.63, 3.8) is 0 Å². The molecule has 0 saturated carbocycles. The maximum Gasteiger partial charge on any atom is 0.237 e. The van der Waals surface area contributed by atoms with E-state index in [2.05, 4.69) is 12.2 Å². The van der Waals surface area contributed by atoms with Crippen molar-refractivity contribution >= 4 is 5.91 Å². The average Bonchev–Trinajstić information content (AvgIpc) is 2.43. The molecule has 3 nitrogen and oxygen atoms in total. The van der Waals surface area contributed by atoms with Crippen LogP contribution >= 0.6 is 0 Å². The third kappa shape index (κ3) is 3.84. The molecule has 0 unspecified atom stereocenters. The van der Waals surface area contributed by atoms with E-state index in [1.807, 2.05) is 44.2 Å². The second-order valence-electron chi connectivity index (χ2n) is 4.79. The fourth-order valence-electron chi connectivity index (χ4n) is 1.89. The van der Waals surface area contributed by atoms with E-state index < -0.39 is 6.04 Å². The molecule has 1 aromatic rings. The van der Waals surface area contributed by atoms with E-state index in [0.29, 0.717) is 0 Å². The van der Waals surface area contributed by atoms with Crippen molar-refractivity contribution in [1.29, 1.82) is 0 Å². The minimum Gasteiger partial charge on any atom is -0.348 e. The molecule has 3 N–H and O–H groups in total. The molecule has 0 radical (unpaired) electrons. The predicted molar refractivity (Wildman–Crippen MR) is 75.0 cm³/mol. The van der Waals surface area contributed by atoms with Crippen LogP contribution < -0.4 is 11.1 Å². The predicted octanol–water partition coefficient (Wildman–Crippen LogP) is 2.63. The third-order valence-corrected chi connectivity index (χ3v) is 3.49. The van der Waals surface area contributed by atoms with E-state index in [4.69, 9.17) is 5.73 Å². The SMILES string of the molecule is CC[C@H](NC(=O)[C@@H](N)[C@H](C)CC)c1ccccc1. The number of carbonyl (C=O) groups is 1. The highest BCUT2D eigenvalue weighted by atomic mass is 16.2. The topological polar surface area (TPSA) is 55.1 Å². The number of benzene rings is 1. The first-order valence-electron chi connectivity index (χ1n) is 6.71. The number of rotatable bonds is 6. The molecule has 3 heteroatoms. The van der Waals surface area contributed by atoms with Crippen LogP contribution in [0.25, 0.3) is 0 Å². The molecule has 0 aromatic heterocycles. The van der Waals surface area contributed by atoms with Gasteiger partial charge in [0.2, 0.25) is 5.91 Å². The average molecular weight is 248 g/mol. The van der Waals surface area contributed by atoms with E-state index in [0.717, 1.165) is 18.4 Å². The van der Waals surface area contributed by atoms with Crippen LogP contribution in [0.15, 0.2) is 30.3 Å². The Hall–Kier alpha value is -1.35. The molecule has 0 aliphatic heterocycles. The quantitative estimate of drug-likeness (QED) is 0.813. The highest BCUT2D eigenvalue weighted by Crippen LogP contribution is 2.16. The molecule has 0 aliphatic rings. The Morgan fingerprint density at radius 2 is 1.83 bits per heavy atom. The Morgan fingerprint density at radius 3 is 2.33 bits per heavy atom. The molecule has 0 heterocycles. The lowest BCUT2D eigenvalue weighted by atomic mass is 9.98. The molecule has 18 heavy (non-hydrogen) atoms. The summed E-state index contributed by atoms with van der Waals surface area (Å²) in [5.74, 6) is 0.151. The number of nitrogens with one attached hydrogen (secondary N) is 1. The lowest BCUT2D eigenvalue weighted by Crippen LogP contribution is -2.45. The highest BCUT2D eigenvalue weighted by molar-refractivity contribution is 5.82. The summed E-state index contributed by atoms with van der Waals surface area (Å²) in [5, 5.41) is 3.03. The first-order valence-corrected chi connectivity index (χ1v) is 6.71. The number of nitrogens with two attached hydrogens (primary N) is 1. The maximum absolute atomic E-state index is 12.0. The Balaban J connectivity index is 2.67. The van der Waals surface area contributed by atoms with Gasteiger partial charge in [-0.25, -0.2) is 0 Å². The maximum atomic E-state index is 12.0. The monoisotopic (exact) mass is 248 g/mol. The molecular weight excluding hydrogens is 224 g/mol. The molecule has 1 rings (SSSR count). The van der Waals surface area contributed by atoms with Crippen molar-refractivity contribution in [2.45, 2.75) is 45.7 Å². The molecule has 100 valence electrons. The van der Waals surface area contributed by atoms with Crippen molar-refractivity contribution in [2.24, 2.45) is 11.7 Å². The first kappa shape index (κ1) is 14.7. The lowest BCUT2D eigenvalue weighted by Gasteiger charge is -2.23. The molecular formula is C15H24N2O. The molecule has 0 saturated heterocycles. The largest absolute Gasteiger partial charge is 0.348 e. The Morgan fingerprint density at radius 1 is 1.22 bits per heavy atom. The molecule has 0 bridgehead atoms. The third-order valence-electron chi connectivity index (χ3n) is 3.49. The van der Waals surface area contributed by atoms with Crippen molar-refractivity contribution < 1.29 is 4.79 Å². The number of hydrogen-bond acceptors (Lipinski definition) is 2. The van der Waals surface area contributed by atoms with Gasteiger partial charge in [0, 0.05) is 0 Å². The van der Waals surface area contributed by atoms with Crippen LogP contribution in [0, 0.1) is 5.92 Å². The molecule has 1 aromatic carbocycles. The summed E-state index contributed by atoms with van der Waals surface area (Å²) >= 11 is 0. The van der Waals surface area contributed by atoms with E-state index in [1.54, 1.807) is 0 Å². The van der Waals surface area contributed by atoms with Crippen molar-refractivity contribution in [2.75, 3.05) is 0 Å². The summed E-state index contributed by atoms with van der Waals surface area (Å²) in [6.45, 7) is 6.12. The van der Waals surface area contributed by atoms with Crippen LogP contribution in [0.4, 0.5) is 0 Å². The zero-order chi connectivity index (χ0) is 13.5. The molecule has 3 atom stereocenters. The van der Waals surface area contributed by atoms with Gasteiger partial charge >= 0.3 is 0 Å². The van der Waals surface area contributed by atoms with Gasteiger partial charge in [0.15, 0.2) is 0 Å². The minimum absolute atomic E-state index is 0.0498. The van der Waals surface area contributed by atoms with Crippen molar-refractivity contribution in [3.05, 3.63) is 35.9 Å². The summed E-state index contributed by atoms with van der Waals surface area (Å²) in [6, 6.07) is 9.63. The van der Waals surface area contributed by atoms with Crippen LogP contribution in [0.5, 0.6) is 0 Å². The molecule has 1 amide bonds. The number of carbonyl (C=O) groups excluding carboxylic acids is 1. The van der Waals surface area contributed by atoms with Crippen LogP contribution in [0.1, 0.15) is 45.2 Å². The summed E-state index contributed by atoms with van der Waals surface area (Å²) in [6.07, 6.45) is 1.78. The van der Waals surface area contributed by atoms with Gasteiger partial charge in [-0.2, -0.15) is 0 Å². The van der Waals surface area contributed by atoms with E-state index in [9.17, 15) is 4.79 Å². The Kier molecular flexibility index (Phi) is 5.86. The molecule has 0 spiro atoms. The molecule has 0 aliphatic carbocycles. The summed E-state index contributed by atoms with van der Waals surface area (Å²) in [4.78, 5) is 12.0. The van der Waals surface area contributed by atoms with Crippen molar-refractivity contribution in [3.8, 4) is 0 Å². The van der Waals surface area contributed by atoms with Crippen LogP contribution in [0.3, 0.4) is 0 Å². The van der Waals surface area contributed by atoms with E-state index in [-0.39, 0.29) is 17.9 Å². The highest BCUT2D eigenvalue weighted by Gasteiger charge is 2.22. The van der Waals surface area contributed by atoms with Gasteiger partial charge in [0.25, 0.3) is 0 Å². The fourth-order valence-corrected chi connectivity index (χ4v) is 1.89. The Labute approximate surface area is 110 Å². The summed E-state index contributed by atoms with van der Waals surface area (Å²) in [5.41, 5.74) is 7.07. The first-order chi connectivity index (χ1) is 8.60. The summed E-state index contributed by atoms with van der Waals surface area (Å²) in [7, 11) is 0. The second-order valence-corrected chi connectivity index (χ2v) is 4.79. The van der Waals surface area contributed by atoms with Gasteiger partial charge in [0.1, 0.15) is 0 Å². The van der Waals surface area contributed by atoms with E-state index >= 15 is 0 Å². The minimum atomic E-state index is -0.423.